The molecule has 4 rings (SSSR count). The van der Waals surface area contributed by atoms with Crippen LogP contribution in [0.1, 0.15) is 137 Å². The maximum absolute atomic E-state index is 12.9. The summed E-state index contributed by atoms with van der Waals surface area (Å²) in [6.45, 7) is 15.1. The van der Waals surface area contributed by atoms with Crippen LogP contribution in [0.25, 0.3) is 0 Å². The van der Waals surface area contributed by atoms with Crippen LogP contribution in [-0.4, -0.2) is 54.5 Å². The van der Waals surface area contributed by atoms with Crippen molar-refractivity contribution in [3.63, 3.8) is 0 Å². The molecule has 0 aromatic rings. The summed E-state index contributed by atoms with van der Waals surface area (Å²) in [5, 5.41) is 10.8. The minimum Gasteiger partial charge on any atom is -0.368 e. The van der Waals surface area contributed by atoms with E-state index in [2.05, 4.69) is 40.7 Å². The molecule has 1 amide bonds. The zero-order chi connectivity index (χ0) is 31.9. The number of rotatable bonds is 17. The number of aliphatic hydroxyl groups excluding tert-OH is 1. The molecule has 3 fully saturated rings. The fraction of sp³-hybridized carbons (Fsp3) is 0.921. The lowest BCUT2D eigenvalue weighted by Gasteiger charge is -2.58. The predicted molar refractivity (Wildman–Crippen MR) is 182 cm³/mol. The Balaban J connectivity index is 1.30. The summed E-state index contributed by atoms with van der Waals surface area (Å²) < 4.78 is 6.21. The molecule has 6 nitrogen and oxygen atoms in total. The minimum absolute atomic E-state index is 0.0466. The molecular formula is C38H69N3O3. The van der Waals surface area contributed by atoms with Gasteiger partial charge in [-0.05, 0) is 130 Å². The lowest BCUT2D eigenvalue weighted by atomic mass is 9.47. The highest BCUT2D eigenvalue weighted by molar-refractivity contribution is 5.76. The number of nitrogens with two attached hydrogens (primary N) is 2. The predicted octanol–water partition coefficient (Wildman–Crippen LogP) is 7.43. The first-order valence-corrected chi connectivity index (χ1v) is 18.7. The third-order valence-electron chi connectivity index (χ3n) is 13.1. The molecule has 6 heteroatoms. The molecule has 0 spiro atoms. The number of hydrogen-bond donors (Lipinski definition) is 3. The molecule has 5 N–H and O–H groups in total. The molecule has 0 saturated heterocycles. The normalized spacial score (nSPS) is 34.6. The van der Waals surface area contributed by atoms with Gasteiger partial charge in [-0.1, -0.05) is 65.5 Å². The van der Waals surface area contributed by atoms with Crippen LogP contribution in [0.3, 0.4) is 0 Å². The fourth-order valence-corrected chi connectivity index (χ4v) is 10.6. The summed E-state index contributed by atoms with van der Waals surface area (Å²) in [5.74, 6) is 5.15. The molecule has 254 valence electrons. The van der Waals surface area contributed by atoms with Crippen LogP contribution in [0.2, 0.25) is 0 Å². The molecule has 9 atom stereocenters. The van der Waals surface area contributed by atoms with Gasteiger partial charge in [0.05, 0.1) is 6.10 Å². The van der Waals surface area contributed by atoms with Crippen molar-refractivity contribution in [2.45, 2.75) is 150 Å². The van der Waals surface area contributed by atoms with E-state index < -0.39 is 6.29 Å². The molecular weight excluding hydrogens is 546 g/mol. The molecule has 0 aliphatic heterocycles. The van der Waals surface area contributed by atoms with E-state index in [9.17, 15) is 9.90 Å². The Labute approximate surface area is 270 Å². The van der Waals surface area contributed by atoms with Gasteiger partial charge in [0.25, 0.3) is 0 Å². The van der Waals surface area contributed by atoms with Crippen LogP contribution in [0.4, 0.5) is 0 Å². The Morgan fingerprint density at radius 1 is 0.955 bits per heavy atom. The fourth-order valence-electron chi connectivity index (χ4n) is 10.6. The Kier molecular flexibility index (Phi) is 13.3. The second-order valence-electron chi connectivity index (χ2n) is 16.3. The number of unbranched alkanes of at least 4 members (excludes halogenated alkanes) is 1. The van der Waals surface area contributed by atoms with Crippen molar-refractivity contribution in [2.24, 2.45) is 57.8 Å². The van der Waals surface area contributed by atoms with E-state index in [1.54, 1.807) is 5.57 Å². The summed E-state index contributed by atoms with van der Waals surface area (Å²) >= 11 is 0. The first-order chi connectivity index (χ1) is 21.0. The van der Waals surface area contributed by atoms with Gasteiger partial charge < -0.3 is 26.2 Å². The maximum Gasteiger partial charge on any atom is 0.222 e. The average Bonchev–Trinajstić information content (AvgIpc) is 3.35. The minimum atomic E-state index is -0.890. The van der Waals surface area contributed by atoms with Crippen molar-refractivity contribution in [3.8, 4) is 0 Å². The number of fused-ring (bicyclic) bond motifs is 5. The number of allylic oxidation sites excluding steroid dienone is 1. The monoisotopic (exact) mass is 616 g/mol. The van der Waals surface area contributed by atoms with E-state index in [0.29, 0.717) is 44.4 Å². The number of nitrogens with zero attached hydrogens (tertiary/aromatic N) is 1. The van der Waals surface area contributed by atoms with E-state index in [0.717, 1.165) is 74.0 Å². The lowest BCUT2D eigenvalue weighted by molar-refractivity contribution is -0.157. The van der Waals surface area contributed by atoms with E-state index in [1.807, 2.05) is 4.90 Å². The van der Waals surface area contributed by atoms with Crippen LogP contribution in [-0.2, 0) is 9.53 Å². The molecule has 0 heterocycles. The number of aliphatic hydroxyl groups is 1. The molecule has 0 bridgehead atoms. The number of carbonyl (C=O) groups is 1. The van der Waals surface area contributed by atoms with Crippen molar-refractivity contribution in [2.75, 3.05) is 26.2 Å². The van der Waals surface area contributed by atoms with Crippen LogP contribution in [0, 0.1) is 46.3 Å². The highest BCUT2D eigenvalue weighted by Gasteiger charge is 2.59. The van der Waals surface area contributed by atoms with Gasteiger partial charge >= 0.3 is 0 Å². The first-order valence-electron chi connectivity index (χ1n) is 18.7. The molecule has 0 radical (unpaired) electrons. The molecule has 3 saturated carbocycles. The van der Waals surface area contributed by atoms with Crippen molar-refractivity contribution in [3.05, 3.63) is 11.6 Å². The summed E-state index contributed by atoms with van der Waals surface area (Å²) in [4.78, 5) is 14.8. The third-order valence-corrected chi connectivity index (χ3v) is 13.1. The molecule has 44 heavy (non-hydrogen) atoms. The molecule has 0 aromatic carbocycles. The van der Waals surface area contributed by atoms with Gasteiger partial charge in [0, 0.05) is 25.9 Å². The molecule has 4 aliphatic rings. The third kappa shape index (κ3) is 8.30. The Morgan fingerprint density at radius 3 is 2.43 bits per heavy atom. The zero-order valence-electron chi connectivity index (χ0n) is 29.2. The van der Waals surface area contributed by atoms with Crippen molar-refractivity contribution < 1.29 is 14.6 Å². The van der Waals surface area contributed by atoms with E-state index >= 15 is 0 Å². The maximum atomic E-state index is 12.9. The van der Waals surface area contributed by atoms with Crippen molar-refractivity contribution in [1.29, 1.82) is 0 Å². The van der Waals surface area contributed by atoms with Gasteiger partial charge in [-0.25, -0.2) is 0 Å². The SMILES string of the molecule is CC(C)CCC[C@@H](C)[C@H]1CC[C@H]2[C@@H]3CC=C4C[C@@H](OC(O)CCC(=O)N(CCCN)CCCCN)CCC4(C)[C@H]3CCC12C. The number of amides is 1. The second-order valence-corrected chi connectivity index (χ2v) is 16.3. The van der Waals surface area contributed by atoms with Crippen molar-refractivity contribution in [1.82, 2.24) is 4.90 Å². The largest absolute Gasteiger partial charge is 0.368 e. The van der Waals surface area contributed by atoms with Crippen LogP contribution < -0.4 is 11.5 Å². The van der Waals surface area contributed by atoms with Crippen LogP contribution >= 0.6 is 0 Å². The Morgan fingerprint density at radius 2 is 1.70 bits per heavy atom. The summed E-state index contributed by atoms with van der Waals surface area (Å²) in [5.41, 5.74) is 13.7. The number of carbonyl (C=O) groups excluding carboxylic acids is 1. The summed E-state index contributed by atoms with van der Waals surface area (Å²) in [6, 6.07) is 0. The van der Waals surface area contributed by atoms with Crippen LogP contribution in [0.15, 0.2) is 11.6 Å². The number of hydrogen-bond acceptors (Lipinski definition) is 5. The lowest BCUT2D eigenvalue weighted by Crippen LogP contribution is -2.51. The smallest absolute Gasteiger partial charge is 0.222 e. The van der Waals surface area contributed by atoms with Gasteiger partial charge in [-0.15, -0.1) is 0 Å². The highest BCUT2D eigenvalue weighted by Crippen LogP contribution is 2.67. The van der Waals surface area contributed by atoms with Gasteiger partial charge in [-0.2, -0.15) is 0 Å². The second kappa shape index (κ2) is 16.2. The van der Waals surface area contributed by atoms with Crippen molar-refractivity contribution >= 4 is 5.91 Å². The van der Waals surface area contributed by atoms with E-state index in [-0.39, 0.29) is 17.4 Å². The Bertz CT molecular complexity index is 938. The van der Waals surface area contributed by atoms with Gasteiger partial charge in [-0.3, -0.25) is 4.79 Å². The highest BCUT2D eigenvalue weighted by atomic mass is 16.6. The quantitative estimate of drug-likeness (QED) is 0.0897. The van der Waals surface area contributed by atoms with Crippen LogP contribution in [0.5, 0.6) is 0 Å². The molecule has 0 aromatic heterocycles. The molecule has 4 aliphatic carbocycles. The zero-order valence-corrected chi connectivity index (χ0v) is 29.2. The number of ether oxygens (including phenoxy) is 1. The van der Waals surface area contributed by atoms with Gasteiger partial charge in [0.2, 0.25) is 5.91 Å². The standard InChI is InChI=1S/C38H69N3O3/c1-27(2)10-8-11-28(3)32-14-15-33-31-13-12-29-26-30(18-20-37(29,4)34(31)19-21-38(32,33)5)44-36(43)17-16-35(42)41(25-9-23-40)24-7-6-22-39/h12,27-28,30-34,36,43H,6-11,13-26,39-40H2,1-5H3/t28-,30+,31+,32-,33+,34+,36?,37?,38?/m1/s1. The summed E-state index contributed by atoms with van der Waals surface area (Å²) in [6.07, 6.45) is 19.2. The van der Waals surface area contributed by atoms with E-state index in [1.165, 1.54) is 51.4 Å². The topological polar surface area (TPSA) is 102 Å². The average molecular weight is 616 g/mol. The summed E-state index contributed by atoms with van der Waals surface area (Å²) in [7, 11) is 0. The first kappa shape index (κ1) is 35.9. The van der Waals surface area contributed by atoms with Gasteiger partial charge in [0.15, 0.2) is 6.29 Å². The Hall–Kier alpha value is -0.950. The molecule has 3 unspecified atom stereocenters. The van der Waals surface area contributed by atoms with Gasteiger partial charge in [0.1, 0.15) is 0 Å². The van der Waals surface area contributed by atoms with E-state index in [4.69, 9.17) is 16.2 Å².